The first-order chi connectivity index (χ1) is 16.9. The minimum absolute atomic E-state index is 0.00211. The van der Waals surface area contributed by atoms with Crippen molar-refractivity contribution < 1.29 is 23.9 Å². The first-order valence-electron chi connectivity index (χ1n) is 10.4. The summed E-state index contributed by atoms with van der Waals surface area (Å²) >= 11 is 1.24. The zero-order chi connectivity index (χ0) is 24.8. The van der Waals surface area contributed by atoms with Crippen molar-refractivity contribution in [3.8, 4) is 17.2 Å². The maximum absolute atomic E-state index is 12.4. The number of nitrogens with zero attached hydrogens (tertiary/aromatic N) is 2. The van der Waals surface area contributed by atoms with Gasteiger partial charge in [-0.15, -0.1) is 0 Å². The molecule has 0 saturated carbocycles. The predicted molar refractivity (Wildman–Crippen MR) is 134 cm³/mol. The lowest BCUT2D eigenvalue weighted by Crippen LogP contribution is -2.19. The van der Waals surface area contributed by atoms with E-state index in [-0.39, 0.29) is 18.2 Å². The van der Waals surface area contributed by atoms with Gasteiger partial charge in [-0.25, -0.2) is 4.99 Å². The average molecular weight is 492 g/mol. The number of hydrogen-bond donors (Lipinski definition) is 1. The van der Waals surface area contributed by atoms with Crippen LogP contribution in [0.5, 0.6) is 17.2 Å². The molecule has 1 heterocycles. The average Bonchev–Trinajstić information content (AvgIpc) is 3.21. The molecule has 1 fully saturated rings. The van der Waals surface area contributed by atoms with Gasteiger partial charge in [-0.1, -0.05) is 18.2 Å². The molecule has 3 aromatic carbocycles. The summed E-state index contributed by atoms with van der Waals surface area (Å²) in [6.07, 6.45) is 1.74. The van der Waals surface area contributed by atoms with Crippen LogP contribution < -0.4 is 19.5 Å². The molecule has 1 N–H and O–H groups in total. The van der Waals surface area contributed by atoms with Gasteiger partial charge in [0.05, 0.1) is 29.7 Å². The van der Waals surface area contributed by atoms with Crippen LogP contribution in [0.4, 0.5) is 11.4 Å². The third-order valence-electron chi connectivity index (χ3n) is 4.96. The molecule has 0 spiro atoms. The molecular weight excluding hydrogens is 470 g/mol. The molecular formula is C25H21N3O6S. The van der Waals surface area contributed by atoms with Gasteiger partial charge < -0.3 is 19.5 Å². The van der Waals surface area contributed by atoms with Crippen LogP contribution in [0, 0.1) is 10.1 Å². The van der Waals surface area contributed by atoms with Crippen molar-refractivity contribution in [2.45, 2.75) is 6.61 Å². The molecule has 4 rings (SSSR count). The number of hydrogen-bond acceptors (Lipinski definition) is 8. The number of ether oxygens (including phenoxy) is 3. The molecule has 178 valence electrons. The fourth-order valence-electron chi connectivity index (χ4n) is 3.22. The van der Waals surface area contributed by atoms with Crippen LogP contribution in [0.25, 0.3) is 6.08 Å². The van der Waals surface area contributed by atoms with Crippen LogP contribution in [0.1, 0.15) is 11.1 Å². The molecule has 9 nitrogen and oxygen atoms in total. The molecule has 1 saturated heterocycles. The number of benzene rings is 3. The second kappa shape index (κ2) is 10.7. The van der Waals surface area contributed by atoms with Crippen LogP contribution in [-0.2, 0) is 11.4 Å². The Labute approximate surface area is 205 Å². The Morgan fingerprint density at radius 1 is 1.03 bits per heavy atom. The van der Waals surface area contributed by atoms with Crippen molar-refractivity contribution in [3.63, 3.8) is 0 Å². The lowest BCUT2D eigenvalue weighted by molar-refractivity contribution is -0.384. The number of nitro groups is 1. The van der Waals surface area contributed by atoms with Gasteiger partial charge in [0, 0.05) is 12.1 Å². The fourth-order valence-corrected chi connectivity index (χ4v) is 4.06. The van der Waals surface area contributed by atoms with Gasteiger partial charge in [-0.3, -0.25) is 14.9 Å². The van der Waals surface area contributed by atoms with E-state index in [2.05, 4.69) is 10.3 Å². The summed E-state index contributed by atoms with van der Waals surface area (Å²) in [6, 6.07) is 18.7. The number of rotatable bonds is 8. The molecule has 1 amide bonds. The SMILES string of the molecule is COc1ccc(N=C2NC(=O)/C(=C\c3ccc(OCc4cccc([N+](=O)[O-])c4)c(OC)c3)S2)cc1. The summed E-state index contributed by atoms with van der Waals surface area (Å²) in [5, 5.41) is 14.2. The first-order valence-corrected chi connectivity index (χ1v) is 11.2. The highest BCUT2D eigenvalue weighted by molar-refractivity contribution is 8.18. The van der Waals surface area contributed by atoms with E-state index >= 15 is 0 Å². The van der Waals surface area contributed by atoms with Gasteiger partial charge in [0.2, 0.25) is 0 Å². The van der Waals surface area contributed by atoms with Crippen LogP contribution in [-0.4, -0.2) is 30.2 Å². The lowest BCUT2D eigenvalue weighted by atomic mass is 10.1. The van der Waals surface area contributed by atoms with Crippen LogP contribution >= 0.6 is 11.8 Å². The minimum Gasteiger partial charge on any atom is -0.497 e. The Morgan fingerprint density at radius 3 is 2.54 bits per heavy atom. The summed E-state index contributed by atoms with van der Waals surface area (Å²) in [5.41, 5.74) is 2.10. The van der Waals surface area contributed by atoms with Crippen molar-refractivity contribution in [1.82, 2.24) is 5.32 Å². The third kappa shape index (κ3) is 5.98. The largest absolute Gasteiger partial charge is 0.497 e. The van der Waals surface area contributed by atoms with Crippen LogP contribution in [0.2, 0.25) is 0 Å². The molecule has 1 aliphatic heterocycles. The molecule has 35 heavy (non-hydrogen) atoms. The van der Waals surface area contributed by atoms with Crippen molar-refractivity contribution in [1.29, 1.82) is 0 Å². The summed E-state index contributed by atoms with van der Waals surface area (Å²) in [7, 11) is 3.11. The van der Waals surface area contributed by atoms with Gasteiger partial charge in [0.15, 0.2) is 16.7 Å². The topological polar surface area (TPSA) is 112 Å². The normalized spacial score (nSPS) is 15.2. The van der Waals surface area contributed by atoms with Gasteiger partial charge >= 0.3 is 0 Å². The third-order valence-corrected chi connectivity index (χ3v) is 5.86. The van der Waals surface area contributed by atoms with E-state index in [1.165, 1.54) is 31.0 Å². The fraction of sp³-hybridized carbons (Fsp3) is 0.120. The molecule has 0 unspecified atom stereocenters. The van der Waals surface area contributed by atoms with E-state index in [1.807, 2.05) is 0 Å². The number of carbonyl (C=O) groups is 1. The Morgan fingerprint density at radius 2 is 1.83 bits per heavy atom. The number of non-ortho nitro benzene ring substituents is 1. The van der Waals surface area contributed by atoms with E-state index < -0.39 is 4.92 Å². The Bertz CT molecular complexity index is 1320. The Balaban J connectivity index is 1.46. The molecule has 0 radical (unpaired) electrons. The van der Waals surface area contributed by atoms with Crippen molar-refractivity contribution >= 4 is 40.3 Å². The molecule has 0 aromatic heterocycles. The maximum atomic E-state index is 12.4. The minimum atomic E-state index is -0.448. The van der Waals surface area contributed by atoms with Gasteiger partial charge in [-0.2, -0.15) is 0 Å². The molecule has 0 bridgehead atoms. The quantitative estimate of drug-likeness (QED) is 0.266. The second-order valence-electron chi connectivity index (χ2n) is 7.31. The Hall–Kier alpha value is -4.31. The molecule has 0 atom stereocenters. The zero-order valence-corrected chi connectivity index (χ0v) is 19.7. The van der Waals surface area contributed by atoms with Gasteiger partial charge in [0.1, 0.15) is 12.4 Å². The van der Waals surface area contributed by atoms with E-state index in [4.69, 9.17) is 14.2 Å². The van der Waals surface area contributed by atoms with Gasteiger partial charge in [-0.05, 0) is 65.4 Å². The zero-order valence-electron chi connectivity index (χ0n) is 18.9. The summed E-state index contributed by atoms with van der Waals surface area (Å²) < 4.78 is 16.4. The van der Waals surface area contributed by atoms with E-state index in [1.54, 1.807) is 67.8 Å². The van der Waals surface area contributed by atoms with E-state index in [0.717, 1.165) is 11.3 Å². The van der Waals surface area contributed by atoms with Crippen LogP contribution in [0.3, 0.4) is 0 Å². The van der Waals surface area contributed by atoms with E-state index in [0.29, 0.717) is 32.8 Å². The number of amides is 1. The molecule has 0 aliphatic carbocycles. The van der Waals surface area contributed by atoms with E-state index in [9.17, 15) is 14.9 Å². The Kier molecular flexibility index (Phi) is 7.32. The summed E-state index contributed by atoms with van der Waals surface area (Å²) in [5.74, 6) is 1.43. The highest BCUT2D eigenvalue weighted by Gasteiger charge is 2.24. The van der Waals surface area contributed by atoms with Crippen molar-refractivity contribution in [2.24, 2.45) is 4.99 Å². The van der Waals surface area contributed by atoms with Gasteiger partial charge in [0.25, 0.3) is 11.6 Å². The number of carbonyl (C=O) groups excluding carboxylic acids is 1. The number of aliphatic imine (C=N–C) groups is 1. The maximum Gasteiger partial charge on any atom is 0.269 e. The lowest BCUT2D eigenvalue weighted by Gasteiger charge is -2.11. The number of thioether (sulfide) groups is 1. The highest BCUT2D eigenvalue weighted by atomic mass is 32.2. The second-order valence-corrected chi connectivity index (χ2v) is 8.34. The summed E-state index contributed by atoms with van der Waals surface area (Å²) in [6.45, 7) is 0.141. The highest BCUT2D eigenvalue weighted by Crippen LogP contribution is 2.33. The number of methoxy groups -OCH3 is 2. The number of nitrogens with one attached hydrogen (secondary N) is 1. The molecule has 1 aliphatic rings. The molecule has 3 aromatic rings. The predicted octanol–water partition coefficient (Wildman–Crippen LogP) is 5.08. The standard InChI is InChI=1S/C25H21N3O6S/c1-32-20-9-7-18(8-10-20)26-25-27-24(29)23(35-25)14-16-6-11-21(22(13-16)33-2)34-15-17-4-3-5-19(12-17)28(30)31/h3-14H,15H2,1-2H3,(H,26,27,29)/b23-14+. The van der Waals surface area contributed by atoms with Crippen LogP contribution in [0.15, 0.2) is 76.6 Å². The summed E-state index contributed by atoms with van der Waals surface area (Å²) in [4.78, 5) is 27.9. The monoisotopic (exact) mass is 491 g/mol. The van der Waals surface area contributed by atoms with Crippen molar-refractivity contribution in [2.75, 3.05) is 14.2 Å². The van der Waals surface area contributed by atoms with Crippen molar-refractivity contribution in [3.05, 3.63) is 92.9 Å². The first kappa shape index (κ1) is 23.8. The number of amidine groups is 1. The smallest absolute Gasteiger partial charge is 0.269 e. The number of nitro benzene ring substituents is 1. The molecule has 10 heteroatoms.